The maximum atomic E-state index is 10.1. The SMILES string of the molecule is O=C(O)CCCn1cc(O)cn1. The van der Waals surface area contributed by atoms with Gasteiger partial charge in [-0.15, -0.1) is 0 Å². The zero-order valence-electron chi connectivity index (χ0n) is 6.47. The third kappa shape index (κ3) is 2.61. The minimum Gasteiger partial charge on any atom is -0.505 e. The smallest absolute Gasteiger partial charge is 0.303 e. The average molecular weight is 170 g/mol. The van der Waals surface area contributed by atoms with Crippen molar-refractivity contribution in [2.24, 2.45) is 0 Å². The lowest BCUT2D eigenvalue weighted by atomic mass is 10.3. The van der Waals surface area contributed by atoms with Crippen molar-refractivity contribution in [3.63, 3.8) is 0 Å². The molecule has 12 heavy (non-hydrogen) atoms. The highest BCUT2D eigenvalue weighted by Crippen LogP contribution is 2.05. The summed E-state index contributed by atoms with van der Waals surface area (Å²) in [5.41, 5.74) is 0. The van der Waals surface area contributed by atoms with Crippen molar-refractivity contribution in [3.05, 3.63) is 12.4 Å². The molecule has 5 heteroatoms. The van der Waals surface area contributed by atoms with E-state index in [1.54, 1.807) is 0 Å². The number of aromatic hydroxyl groups is 1. The van der Waals surface area contributed by atoms with Gasteiger partial charge < -0.3 is 10.2 Å². The van der Waals surface area contributed by atoms with Crippen LogP contribution < -0.4 is 0 Å². The summed E-state index contributed by atoms with van der Waals surface area (Å²) >= 11 is 0. The molecule has 0 fully saturated rings. The zero-order valence-corrected chi connectivity index (χ0v) is 6.47. The molecule has 1 aromatic rings. The largest absolute Gasteiger partial charge is 0.505 e. The highest BCUT2D eigenvalue weighted by Gasteiger charge is 1.98. The van der Waals surface area contributed by atoms with Gasteiger partial charge in [0.25, 0.3) is 0 Å². The van der Waals surface area contributed by atoms with Gasteiger partial charge in [0.2, 0.25) is 0 Å². The minimum atomic E-state index is -0.814. The molecule has 0 spiro atoms. The van der Waals surface area contributed by atoms with Gasteiger partial charge in [-0.3, -0.25) is 9.48 Å². The first-order valence-electron chi connectivity index (χ1n) is 3.61. The van der Waals surface area contributed by atoms with Gasteiger partial charge in [0.15, 0.2) is 5.75 Å². The van der Waals surface area contributed by atoms with Gasteiger partial charge in [-0.1, -0.05) is 0 Å². The highest BCUT2D eigenvalue weighted by molar-refractivity contribution is 5.66. The molecule has 1 heterocycles. The van der Waals surface area contributed by atoms with Crippen LogP contribution in [-0.4, -0.2) is 26.0 Å². The Hall–Kier alpha value is -1.52. The van der Waals surface area contributed by atoms with Crippen molar-refractivity contribution in [2.45, 2.75) is 19.4 Å². The molecule has 0 aliphatic carbocycles. The van der Waals surface area contributed by atoms with Gasteiger partial charge in [-0.25, -0.2) is 0 Å². The molecule has 2 N–H and O–H groups in total. The summed E-state index contributed by atoms with van der Waals surface area (Å²) in [6.07, 6.45) is 3.43. The van der Waals surface area contributed by atoms with Crippen molar-refractivity contribution in [1.29, 1.82) is 0 Å². The van der Waals surface area contributed by atoms with E-state index in [4.69, 9.17) is 10.2 Å². The second kappa shape index (κ2) is 3.75. The van der Waals surface area contributed by atoms with Crippen molar-refractivity contribution in [2.75, 3.05) is 0 Å². The molecule has 0 aromatic carbocycles. The van der Waals surface area contributed by atoms with Gasteiger partial charge in [-0.05, 0) is 6.42 Å². The molecule has 5 nitrogen and oxygen atoms in total. The van der Waals surface area contributed by atoms with E-state index in [1.807, 2.05) is 0 Å². The molecule has 0 atom stereocenters. The van der Waals surface area contributed by atoms with E-state index < -0.39 is 5.97 Å². The van der Waals surface area contributed by atoms with Crippen LogP contribution >= 0.6 is 0 Å². The lowest BCUT2D eigenvalue weighted by Crippen LogP contribution is -2.01. The predicted octanol–water partition coefficient (Wildman–Crippen LogP) is 0.454. The molecule has 0 aliphatic rings. The number of carbonyl (C=O) groups is 1. The second-order valence-corrected chi connectivity index (χ2v) is 2.46. The van der Waals surface area contributed by atoms with Crippen LogP contribution in [0, 0.1) is 0 Å². The molecule has 0 aliphatic heterocycles. The van der Waals surface area contributed by atoms with Crippen molar-refractivity contribution >= 4 is 5.97 Å². The van der Waals surface area contributed by atoms with Gasteiger partial charge in [-0.2, -0.15) is 5.10 Å². The molecule has 0 amide bonds. The number of hydrogen-bond donors (Lipinski definition) is 2. The van der Waals surface area contributed by atoms with E-state index in [0.717, 1.165) is 0 Å². The van der Waals surface area contributed by atoms with Crippen LogP contribution in [-0.2, 0) is 11.3 Å². The third-order valence-corrected chi connectivity index (χ3v) is 1.40. The zero-order chi connectivity index (χ0) is 8.97. The number of aromatic nitrogens is 2. The Morgan fingerprint density at radius 1 is 1.67 bits per heavy atom. The number of nitrogens with zero attached hydrogens (tertiary/aromatic N) is 2. The Morgan fingerprint density at radius 2 is 2.42 bits per heavy atom. The maximum Gasteiger partial charge on any atom is 0.303 e. The van der Waals surface area contributed by atoms with Crippen LogP contribution in [0.15, 0.2) is 12.4 Å². The van der Waals surface area contributed by atoms with Crippen molar-refractivity contribution in [3.8, 4) is 5.75 Å². The van der Waals surface area contributed by atoms with Gasteiger partial charge in [0.1, 0.15) is 0 Å². The molecule has 1 aromatic heterocycles. The highest BCUT2D eigenvalue weighted by atomic mass is 16.4. The molecule has 0 radical (unpaired) electrons. The molecule has 0 saturated heterocycles. The summed E-state index contributed by atoms with van der Waals surface area (Å²) in [4.78, 5) is 10.1. The van der Waals surface area contributed by atoms with E-state index in [-0.39, 0.29) is 12.2 Å². The first kappa shape index (κ1) is 8.58. The van der Waals surface area contributed by atoms with E-state index in [0.29, 0.717) is 13.0 Å². The first-order chi connectivity index (χ1) is 5.68. The van der Waals surface area contributed by atoms with Gasteiger partial charge in [0.05, 0.1) is 12.4 Å². The second-order valence-electron chi connectivity index (χ2n) is 2.46. The number of carboxylic acid groups (broad SMARTS) is 1. The van der Waals surface area contributed by atoms with E-state index >= 15 is 0 Å². The van der Waals surface area contributed by atoms with Gasteiger partial charge >= 0.3 is 5.97 Å². The monoisotopic (exact) mass is 170 g/mol. The van der Waals surface area contributed by atoms with Crippen LogP contribution in [0.4, 0.5) is 0 Å². The molecule has 0 saturated carbocycles. The van der Waals surface area contributed by atoms with Crippen molar-refractivity contribution in [1.82, 2.24) is 9.78 Å². The third-order valence-electron chi connectivity index (χ3n) is 1.40. The quantitative estimate of drug-likeness (QED) is 0.688. The Kier molecular flexibility index (Phi) is 2.68. The molecular weight excluding hydrogens is 160 g/mol. The lowest BCUT2D eigenvalue weighted by Gasteiger charge is -1.97. The van der Waals surface area contributed by atoms with Crippen LogP contribution in [0.1, 0.15) is 12.8 Å². The fraction of sp³-hybridized carbons (Fsp3) is 0.429. The summed E-state index contributed by atoms with van der Waals surface area (Å²) < 4.78 is 1.51. The first-order valence-corrected chi connectivity index (χ1v) is 3.61. The van der Waals surface area contributed by atoms with Crippen LogP contribution in [0.25, 0.3) is 0 Å². The molecule has 0 unspecified atom stereocenters. The van der Waals surface area contributed by atoms with E-state index in [2.05, 4.69) is 5.10 Å². The summed E-state index contributed by atoms with van der Waals surface area (Å²) in [7, 11) is 0. The number of carboxylic acids is 1. The van der Waals surface area contributed by atoms with E-state index in [9.17, 15) is 4.79 Å². The topological polar surface area (TPSA) is 75.3 Å². The molecular formula is C7H10N2O3. The summed E-state index contributed by atoms with van der Waals surface area (Å²) in [5.74, 6) is -0.711. The minimum absolute atomic E-state index is 0.102. The van der Waals surface area contributed by atoms with Crippen LogP contribution in [0.2, 0.25) is 0 Å². The standard InChI is InChI=1S/C7H10N2O3/c10-6-4-8-9(5-6)3-1-2-7(11)12/h4-5,10H,1-3H2,(H,11,12). The van der Waals surface area contributed by atoms with Gasteiger partial charge in [0, 0.05) is 13.0 Å². The van der Waals surface area contributed by atoms with Crippen molar-refractivity contribution < 1.29 is 15.0 Å². The molecule has 0 bridgehead atoms. The number of aliphatic carboxylic acids is 1. The number of hydrogen-bond acceptors (Lipinski definition) is 3. The number of aryl methyl sites for hydroxylation is 1. The van der Waals surface area contributed by atoms with Crippen LogP contribution in [0.3, 0.4) is 0 Å². The Morgan fingerprint density at radius 3 is 2.92 bits per heavy atom. The Balaban J connectivity index is 2.29. The summed E-state index contributed by atoms with van der Waals surface area (Å²) in [6, 6.07) is 0. The maximum absolute atomic E-state index is 10.1. The Labute approximate surface area is 69.2 Å². The summed E-state index contributed by atoms with van der Waals surface area (Å²) in [6.45, 7) is 0.521. The Bertz CT molecular complexity index is 269. The average Bonchev–Trinajstić information content (AvgIpc) is 2.35. The number of rotatable bonds is 4. The van der Waals surface area contributed by atoms with Crippen LogP contribution in [0.5, 0.6) is 5.75 Å². The fourth-order valence-corrected chi connectivity index (χ4v) is 0.867. The predicted molar refractivity (Wildman–Crippen MR) is 40.8 cm³/mol. The lowest BCUT2D eigenvalue weighted by molar-refractivity contribution is -0.137. The van der Waals surface area contributed by atoms with E-state index in [1.165, 1.54) is 17.1 Å². The normalized spacial score (nSPS) is 10.0. The fourth-order valence-electron chi connectivity index (χ4n) is 0.867. The molecule has 1 rings (SSSR count). The summed E-state index contributed by atoms with van der Waals surface area (Å²) in [5, 5.41) is 21.0. The molecule has 66 valence electrons.